The van der Waals surface area contributed by atoms with Gasteiger partial charge in [0.25, 0.3) is 5.91 Å². The monoisotopic (exact) mass is 500 g/mol. The topological polar surface area (TPSA) is 53.0 Å². The average molecular weight is 501 g/mol. The van der Waals surface area contributed by atoms with Crippen LogP contribution in [0.5, 0.6) is 5.75 Å². The first-order chi connectivity index (χ1) is 17.3. The van der Waals surface area contributed by atoms with Crippen LogP contribution in [0.4, 0.5) is 8.78 Å². The second-order valence-electron chi connectivity index (χ2n) is 10.3. The molecule has 2 saturated heterocycles. The van der Waals surface area contributed by atoms with Crippen molar-refractivity contribution in [2.75, 3.05) is 39.3 Å². The molecule has 5 nitrogen and oxygen atoms in total. The summed E-state index contributed by atoms with van der Waals surface area (Å²) in [6, 6.07) is 11.8. The maximum absolute atomic E-state index is 14.9. The van der Waals surface area contributed by atoms with Crippen molar-refractivity contribution in [3.05, 3.63) is 53.8 Å². The van der Waals surface area contributed by atoms with Crippen LogP contribution in [-0.4, -0.2) is 71.9 Å². The Hall–Kier alpha value is -2.51. The third kappa shape index (κ3) is 6.43. The van der Waals surface area contributed by atoms with Gasteiger partial charge in [0, 0.05) is 36.8 Å². The summed E-state index contributed by atoms with van der Waals surface area (Å²) in [7, 11) is 0. The van der Waals surface area contributed by atoms with Crippen molar-refractivity contribution in [2.45, 2.75) is 57.7 Å². The fourth-order valence-corrected chi connectivity index (χ4v) is 5.12. The molecule has 0 unspecified atom stereocenters. The molecule has 2 aliphatic heterocycles. The van der Waals surface area contributed by atoms with Crippen molar-refractivity contribution < 1.29 is 23.4 Å². The number of benzene rings is 2. The van der Waals surface area contributed by atoms with E-state index in [9.17, 15) is 18.7 Å². The predicted molar refractivity (Wildman–Crippen MR) is 137 cm³/mol. The number of ether oxygens (including phenoxy) is 1. The number of carbonyl (C=O) groups excluding carboxylic acids is 1. The van der Waals surface area contributed by atoms with Crippen LogP contribution in [0.3, 0.4) is 0 Å². The molecule has 2 aliphatic rings. The number of β-amino-alcohol motifs (C(OH)–C–C–N with tert-alkyl or cyclic N) is 1. The Morgan fingerprint density at radius 2 is 1.75 bits per heavy atom. The molecule has 0 radical (unpaired) electrons. The van der Waals surface area contributed by atoms with E-state index in [4.69, 9.17) is 4.74 Å². The van der Waals surface area contributed by atoms with Gasteiger partial charge in [-0.05, 0) is 80.9 Å². The lowest BCUT2D eigenvalue weighted by Crippen LogP contribution is -2.44. The Kier molecular flexibility index (Phi) is 8.62. The summed E-state index contributed by atoms with van der Waals surface area (Å²) < 4.78 is 35.5. The van der Waals surface area contributed by atoms with E-state index in [-0.39, 0.29) is 11.7 Å². The number of likely N-dealkylation sites (tertiary alicyclic amines) is 2. The van der Waals surface area contributed by atoms with Crippen LogP contribution in [0.15, 0.2) is 42.5 Å². The lowest BCUT2D eigenvalue weighted by atomic mass is 9.94. The summed E-state index contributed by atoms with van der Waals surface area (Å²) >= 11 is 0. The predicted octanol–water partition coefficient (Wildman–Crippen LogP) is 5.32. The van der Waals surface area contributed by atoms with Crippen molar-refractivity contribution in [2.24, 2.45) is 5.92 Å². The molecule has 2 aromatic carbocycles. The average Bonchev–Trinajstić information content (AvgIpc) is 3.34. The molecule has 0 aliphatic carbocycles. The van der Waals surface area contributed by atoms with Gasteiger partial charge in [-0.15, -0.1) is 0 Å². The summed E-state index contributed by atoms with van der Waals surface area (Å²) in [5.74, 6) is 0.385. The van der Waals surface area contributed by atoms with Crippen LogP contribution < -0.4 is 4.74 Å². The first-order valence-electron chi connectivity index (χ1n) is 13.2. The van der Waals surface area contributed by atoms with Gasteiger partial charge in [-0.3, -0.25) is 4.79 Å². The Labute approximate surface area is 213 Å². The Morgan fingerprint density at radius 1 is 1.06 bits per heavy atom. The Bertz CT molecular complexity index is 1020. The molecule has 36 heavy (non-hydrogen) atoms. The minimum atomic E-state index is -1.10. The molecular weight excluding hydrogens is 462 g/mol. The highest BCUT2D eigenvalue weighted by Gasteiger charge is 2.30. The molecule has 7 heteroatoms. The van der Waals surface area contributed by atoms with E-state index in [2.05, 4.69) is 4.90 Å². The Balaban J connectivity index is 1.28. The molecule has 2 aromatic rings. The number of halogens is 2. The maximum Gasteiger partial charge on any atom is 0.253 e. The first kappa shape index (κ1) is 26.6. The highest BCUT2D eigenvalue weighted by molar-refractivity contribution is 5.95. The number of hydrogen-bond acceptors (Lipinski definition) is 4. The van der Waals surface area contributed by atoms with Crippen molar-refractivity contribution in [1.29, 1.82) is 0 Å². The normalized spacial score (nSPS) is 19.6. The van der Waals surface area contributed by atoms with E-state index >= 15 is 0 Å². The van der Waals surface area contributed by atoms with Crippen molar-refractivity contribution >= 4 is 5.91 Å². The Morgan fingerprint density at radius 3 is 2.33 bits per heavy atom. The standard InChI is InChI=1S/C29H38F2N2O3/c1-3-29(31,4-2)20-32-14-11-21(12-15-32)19-36-25-9-10-26(27(30)17-25)22-5-7-23(8-6-22)28(35)33-16-13-24(34)18-33/h5-10,17,21,24,34H,3-4,11-16,18-20H2,1-2H3/t24-/m0/s1. The lowest BCUT2D eigenvalue weighted by molar-refractivity contribution is 0.0568. The molecule has 1 atom stereocenters. The van der Waals surface area contributed by atoms with Crippen LogP contribution in [-0.2, 0) is 0 Å². The fourth-order valence-electron chi connectivity index (χ4n) is 5.12. The van der Waals surface area contributed by atoms with E-state index in [1.165, 1.54) is 6.07 Å². The molecule has 1 N–H and O–H groups in total. The molecule has 0 spiro atoms. The minimum absolute atomic E-state index is 0.118. The smallest absolute Gasteiger partial charge is 0.253 e. The van der Waals surface area contributed by atoms with Gasteiger partial charge in [-0.2, -0.15) is 0 Å². The van der Waals surface area contributed by atoms with Crippen molar-refractivity contribution in [3.63, 3.8) is 0 Å². The molecule has 2 fully saturated rings. The SMILES string of the molecule is CCC(F)(CC)CN1CCC(COc2ccc(-c3ccc(C(=O)N4CC[C@H](O)C4)cc3)c(F)c2)CC1. The van der Waals surface area contributed by atoms with Gasteiger partial charge in [0.15, 0.2) is 0 Å². The van der Waals surface area contributed by atoms with Crippen molar-refractivity contribution in [1.82, 2.24) is 9.80 Å². The number of nitrogens with zero attached hydrogens (tertiary/aromatic N) is 2. The third-order valence-corrected chi connectivity index (χ3v) is 7.80. The van der Waals surface area contributed by atoms with Crippen LogP contribution in [0.1, 0.15) is 56.3 Å². The highest BCUT2D eigenvalue weighted by atomic mass is 19.1. The largest absolute Gasteiger partial charge is 0.493 e. The van der Waals surface area contributed by atoms with E-state index in [1.807, 2.05) is 13.8 Å². The number of amides is 1. The molecule has 0 aromatic heterocycles. The molecule has 0 bridgehead atoms. The zero-order valence-corrected chi connectivity index (χ0v) is 21.4. The lowest BCUT2D eigenvalue weighted by Gasteiger charge is -2.36. The summed E-state index contributed by atoms with van der Waals surface area (Å²) in [5.41, 5.74) is 0.566. The van der Waals surface area contributed by atoms with Gasteiger partial charge in [0.2, 0.25) is 0 Å². The van der Waals surface area contributed by atoms with Crippen molar-refractivity contribution in [3.8, 4) is 16.9 Å². The first-order valence-corrected chi connectivity index (χ1v) is 13.2. The van der Waals surface area contributed by atoms with Crippen LogP contribution in [0.25, 0.3) is 11.1 Å². The fraction of sp³-hybridized carbons (Fsp3) is 0.552. The number of rotatable bonds is 9. The van der Waals surface area contributed by atoms with Gasteiger partial charge in [0.1, 0.15) is 17.2 Å². The van der Waals surface area contributed by atoms with Gasteiger partial charge in [-0.1, -0.05) is 26.0 Å². The number of hydrogen-bond donors (Lipinski definition) is 1. The molecular formula is C29H38F2N2O3. The zero-order chi connectivity index (χ0) is 25.7. The summed E-state index contributed by atoms with van der Waals surface area (Å²) in [6.45, 7) is 7.47. The van der Waals surface area contributed by atoms with E-state index in [0.717, 1.165) is 25.9 Å². The molecule has 196 valence electrons. The summed E-state index contributed by atoms with van der Waals surface area (Å²) in [6.07, 6.45) is 3.12. The number of aliphatic hydroxyl groups is 1. The van der Waals surface area contributed by atoms with E-state index < -0.39 is 11.8 Å². The number of piperidine rings is 1. The van der Waals surface area contributed by atoms with Gasteiger partial charge >= 0.3 is 0 Å². The zero-order valence-electron chi connectivity index (χ0n) is 21.4. The molecule has 0 saturated carbocycles. The number of alkyl halides is 1. The van der Waals surface area contributed by atoms with Gasteiger partial charge < -0.3 is 19.6 Å². The second-order valence-corrected chi connectivity index (χ2v) is 10.3. The third-order valence-electron chi connectivity index (χ3n) is 7.80. The van der Waals surface area contributed by atoms with Gasteiger partial charge in [-0.25, -0.2) is 8.78 Å². The minimum Gasteiger partial charge on any atom is -0.493 e. The van der Waals surface area contributed by atoms with Crippen LogP contribution >= 0.6 is 0 Å². The van der Waals surface area contributed by atoms with E-state index in [1.54, 1.807) is 41.3 Å². The van der Waals surface area contributed by atoms with E-state index in [0.29, 0.717) is 73.9 Å². The second kappa shape index (κ2) is 11.7. The van der Waals surface area contributed by atoms with Crippen LogP contribution in [0.2, 0.25) is 0 Å². The maximum atomic E-state index is 14.9. The number of aliphatic hydroxyl groups excluding tert-OH is 1. The van der Waals surface area contributed by atoms with Crippen LogP contribution in [0, 0.1) is 11.7 Å². The molecule has 2 heterocycles. The quantitative estimate of drug-likeness (QED) is 0.507. The van der Waals surface area contributed by atoms with Gasteiger partial charge in [0.05, 0.1) is 12.7 Å². The molecule has 1 amide bonds. The summed E-state index contributed by atoms with van der Waals surface area (Å²) in [5, 5.41) is 9.66. The number of carbonyl (C=O) groups is 1. The molecule has 4 rings (SSSR count). The summed E-state index contributed by atoms with van der Waals surface area (Å²) in [4.78, 5) is 16.4. The highest BCUT2D eigenvalue weighted by Crippen LogP contribution is 2.29.